The number of hydrogen-bond acceptors (Lipinski definition) is 2. The molecule has 0 fully saturated rings. The zero-order valence-corrected chi connectivity index (χ0v) is 6.70. The second-order valence-electron chi connectivity index (χ2n) is 2.39. The lowest BCUT2D eigenvalue weighted by atomic mass is 10.1. The van der Waals surface area contributed by atoms with Gasteiger partial charge in [0.1, 0.15) is 5.76 Å². The highest BCUT2D eigenvalue weighted by Gasteiger charge is 2.01. The van der Waals surface area contributed by atoms with Gasteiger partial charge in [-0.15, -0.1) is 0 Å². The van der Waals surface area contributed by atoms with Gasteiger partial charge in [-0.1, -0.05) is 36.9 Å². The average Bonchev–Trinajstić information content (AvgIpc) is 2.07. The molecule has 0 atom stereocenters. The van der Waals surface area contributed by atoms with Crippen LogP contribution in [0.1, 0.15) is 5.56 Å². The Kier molecular flexibility index (Phi) is 2.53. The summed E-state index contributed by atoms with van der Waals surface area (Å²) in [5.41, 5.74) is 6.76. The fourth-order valence-corrected chi connectivity index (χ4v) is 0.977. The number of nitrogens with two attached hydrogens (primary N) is 1. The maximum Gasteiger partial charge on any atom is 0.117 e. The third-order valence-electron chi connectivity index (χ3n) is 1.56. The molecule has 0 aliphatic carbocycles. The molecule has 12 heavy (non-hydrogen) atoms. The molecular formula is C10H11NO. The number of benzene rings is 1. The highest BCUT2D eigenvalue weighted by molar-refractivity contribution is 5.75. The number of hydrogen-bond donors (Lipinski definition) is 2. The summed E-state index contributed by atoms with van der Waals surface area (Å²) in [4.78, 5) is 0. The summed E-state index contributed by atoms with van der Waals surface area (Å²) in [6, 6.07) is 9.38. The van der Waals surface area contributed by atoms with Gasteiger partial charge in [0.2, 0.25) is 0 Å². The number of aliphatic hydroxyl groups excluding tert-OH is 1. The Morgan fingerprint density at radius 2 is 1.92 bits per heavy atom. The van der Waals surface area contributed by atoms with Crippen molar-refractivity contribution in [2.24, 2.45) is 5.73 Å². The Morgan fingerprint density at radius 1 is 1.33 bits per heavy atom. The molecule has 2 heteroatoms. The van der Waals surface area contributed by atoms with Crippen LogP contribution >= 0.6 is 0 Å². The van der Waals surface area contributed by atoms with Gasteiger partial charge in [0, 0.05) is 11.8 Å². The summed E-state index contributed by atoms with van der Waals surface area (Å²) in [7, 11) is 0. The van der Waals surface area contributed by atoms with Crippen molar-refractivity contribution < 1.29 is 5.11 Å². The van der Waals surface area contributed by atoms with Crippen molar-refractivity contribution in [2.45, 2.75) is 0 Å². The van der Waals surface area contributed by atoms with Crippen molar-refractivity contribution in [1.82, 2.24) is 0 Å². The molecule has 1 rings (SSSR count). The van der Waals surface area contributed by atoms with Crippen LogP contribution in [-0.4, -0.2) is 5.11 Å². The van der Waals surface area contributed by atoms with Crippen LogP contribution in [0.25, 0.3) is 5.57 Å². The molecule has 0 heterocycles. The minimum Gasteiger partial charge on any atom is -0.508 e. The Morgan fingerprint density at radius 3 is 2.33 bits per heavy atom. The van der Waals surface area contributed by atoms with E-state index in [0.717, 1.165) is 5.56 Å². The SMILES string of the molecule is C=C(O)/C(=C\N)c1ccccc1. The lowest BCUT2D eigenvalue weighted by Crippen LogP contribution is -1.91. The first-order valence-corrected chi connectivity index (χ1v) is 3.61. The van der Waals surface area contributed by atoms with Crippen LogP contribution in [-0.2, 0) is 0 Å². The van der Waals surface area contributed by atoms with Crippen LogP contribution < -0.4 is 5.73 Å². The lowest BCUT2D eigenvalue weighted by molar-refractivity contribution is 0.440. The number of allylic oxidation sites excluding steroid dienone is 1. The van der Waals surface area contributed by atoms with Crippen molar-refractivity contribution >= 4 is 5.57 Å². The van der Waals surface area contributed by atoms with Crippen molar-refractivity contribution in [3.63, 3.8) is 0 Å². The van der Waals surface area contributed by atoms with Crippen molar-refractivity contribution in [1.29, 1.82) is 0 Å². The number of rotatable bonds is 2. The van der Waals surface area contributed by atoms with Crippen LogP contribution in [0.2, 0.25) is 0 Å². The minimum atomic E-state index is -0.0105. The highest BCUT2D eigenvalue weighted by atomic mass is 16.3. The summed E-state index contributed by atoms with van der Waals surface area (Å²) in [5, 5.41) is 9.12. The van der Waals surface area contributed by atoms with Crippen LogP contribution in [0.5, 0.6) is 0 Å². The smallest absolute Gasteiger partial charge is 0.117 e. The maximum atomic E-state index is 9.12. The predicted molar refractivity (Wildman–Crippen MR) is 50.4 cm³/mol. The molecule has 0 amide bonds. The van der Waals surface area contributed by atoms with Gasteiger partial charge in [-0.2, -0.15) is 0 Å². The van der Waals surface area contributed by atoms with Crippen LogP contribution in [0, 0.1) is 0 Å². The van der Waals surface area contributed by atoms with E-state index in [9.17, 15) is 0 Å². The molecule has 1 aromatic rings. The fourth-order valence-electron chi connectivity index (χ4n) is 0.977. The molecule has 3 N–H and O–H groups in total. The average molecular weight is 161 g/mol. The molecule has 1 aromatic carbocycles. The van der Waals surface area contributed by atoms with Gasteiger partial charge in [-0.3, -0.25) is 0 Å². The van der Waals surface area contributed by atoms with Crippen LogP contribution in [0.4, 0.5) is 0 Å². The van der Waals surface area contributed by atoms with Gasteiger partial charge in [0.15, 0.2) is 0 Å². The fraction of sp³-hybridized carbons (Fsp3) is 0. The molecule has 0 spiro atoms. The second-order valence-corrected chi connectivity index (χ2v) is 2.39. The van der Waals surface area contributed by atoms with Crippen LogP contribution in [0.15, 0.2) is 48.9 Å². The van der Waals surface area contributed by atoms with Gasteiger partial charge in [-0.25, -0.2) is 0 Å². The normalized spacial score (nSPS) is 11.2. The predicted octanol–water partition coefficient (Wildman–Crippen LogP) is 2.06. The zero-order chi connectivity index (χ0) is 8.97. The van der Waals surface area contributed by atoms with E-state index in [1.807, 2.05) is 30.3 Å². The molecule has 0 aliphatic rings. The third kappa shape index (κ3) is 1.66. The first kappa shape index (κ1) is 8.40. The van der Waals surface area contributed by atoms with Crippen molar-refractivity contribution in [3.05, 3.63) is 54.4 Å². The van der Waals surface area contributed by atoms with Gasteiger partial charge in [-0.05, 0) is 5.56 Å². The summed E-state index contributed by atoms with van der Waals surface area (Å²) in [6.45, 7) is 3.41. The van der Waals surface area contributed by atoms with Gasteiger partial charge < -0.3 is 10.8 Å². The molecule has 0 aliphatic heterocycles. The summed E-state index contributed by atoms with van der Waals surface area (Å²) >= 11 is 0. The standard InChI is InChI=1S/C10H11NO/c1-8(12)10(7-11)9-5-3-2-4-6-9/h2-7,12H,1,11H2/b10-7+. The Bertz CT molecular complexity index is 301. The summed E-state index contributed by atoms with van der Waals surface area (Å²) in [5.74, 6) is -0.0105. The van der Waals surface area contributed by atoms with E-state index in [-0.39, 0.29) is 5.76 Å². The molecule has 0 bridgehead atoms. The maximum absolute atomic E-state index is 9.12. The first-order chi connectivity index (χ1) is 5.75. The van der Waals surface area contributed by atoms with E-state index in [4.69, 9.17) is 10.8 Å². The first-order valence-electron chi connectivity index (χ1n) is 3.61. The zero-order valence-electron chi connectivity index (χ0n) is 6.70. The monoisotopic (exact) mass is 161 g/mol. The van der Waals surface area contributed by atoms with Gasteiger partial charge in [0.05, 0.1) is 0 Å². The molecule has 0 aromatic heterocycles. The van der Waals surface area contributed by atoms with E-state index in [2.05, 4.69) is 6.58 Å². The molecule has 0 unspecified atom stereocenters. The second kappa shape index (κ2) is 3.62. The van der Waals surface area contributed by atoms with Gasteiger partial charge >= 0.3 is 0 Å². The largest absolute Gasteiger partial charge is 0.508 e. The molecule has 2 nitrogen and oxygen atoms in total. The number of aliphatic hydroxyl groups is 1. The quantitative estimate of drug-likeness (QED) is 0.515. The highest BCUT2D eigenvalue weighted by Crippen LogP contribution is 2.17. The Balaban J connectivity index is 3.05. The summed E-state index contributed by atoms with van der Waals surface area (Å²) < 4.78 is 0. The van der Waals surface area contributed by atoms with Crippen molar-refractivity contribution in [2.75, 3.05) is 0 Å². The lowest BCUT2D eigenvalue weighted by Gasteiger charge is -2.03. The van der Waals surface area contributed by atoms with E-state index in [1.54, 1.807) is 0 Å². The summed E-state index contributed by atoms with van der Waals surface area (Å²) in [6.07, 6.45) is 1.34. The minimum absolute atomic E-state index is 0.0105. The van der Waals surface area contributed by atoms with E-state index in [0.29, 0.717) is 5.57 Å². The van der Waals surface area contributed by atoms with E-state index < -0.39 is 0 Å². The molecule has 62 valence electrons. The third-order valence-corrected chi connectivity index (χ3v) is 1.56. The van der Waals surface area contributed by atoms with Gasteiger partial charge in [0.25, 0.3) is 0 Å². The molecular weight excluding hydrogens is 150 g/mol. The Hall–Kier alpha value is -1.70. The van der Waals surface area contributed by atoms with E-state index >= 15 is 0 Å². The van der Waals surface area contributed by atoms with E-state index in [1.165, 1.54) is 6.20 Å². The molecule has 0 saturated carbocycles. The van der Waals surface area contributed by atoms with Crippen LogP contribution in [0.3, 0.4) is 0 Å². The van der Waals surface area contributed by atoms with Crippen molar-refractivity contribution in [3.8, 4) is 0 Å². The Labute approximate surface area is 71.6 Å². The topological polar surface area (TPSA) is 46.2 Å². The molecule has 0 radical (unpaired) electrons. The molecule has 0 saturated heterocycles.